The number of allylic oxidation sites excluding steroid dienone is 1. The predicted octanol–water partition coefficient (Wildman–Crippen LogP) is 2.38. The van der Waals surface area contributed by atoms with Crippen molar-refractivity contribution in [3.05, 3.63) is 12.7 Å². The van der Waals surface area contributed by atoms with Crippen molar-refractivity contribution in [2.24, 2.45) is 11.8 Å². The molecule has 1 aliphatic carbocycles. The highest BCUT2D eigenvalue weighted by Gasteiger charge is 2.49. The molecule has 2 rings (SSSR count). The second kappa shape index (κ2) is 2.63. The van der Waals surface area contributed by atoms with Crippen LogP contribution >= 0.6 is 0 Å². The normalized spacial score (nSPS) is 48.1. The number of hydrogen-bond acceptors (Lipinski definition) is 1. The molecule has 0 aromatic rings. The van der Waals surface area contributed by atoms with Gasteiger partial charge in [0.2, 0.25) is 0 Å². The van der Waals surface area contributed by atoms with Crippen LogP contribution in [0.5, 0.6) is 0 Å². The van der Waals surface area contributed by atoms with Crippen LogP contribution in [0.4, 0.5) is 0 Å². The van der Waals surface area contributed by atoms with Crippen LogP contribution in [0.15, 0.2) is 12.7 Å². The van der Waals surface area contributed by atoms with Crippen molar-refractivity contribution in [3.8, 4) is 0 Å². The van der Waals surface area contributed by atoms with Crippen LogP contribution in [0.25, 0.3) is 0 Å². The first-order valence-electron chi connectivity index (χ1n) is 4.64. The summed E-state index contributed by atoms with van der Waals surface area (Å²) in [5.41, 5.74) is 0. The van der Waals surface area contributed by atoms with Gasteiger partial charge in [-0.1, -0.05) is 19.4 Å². The summed E-state index contributed by atoms with van der Waals surface area (Å²) < 4.78 is 5.57. The van der Waals surface area contributed by atoms with E-state index >= 15 is 0 Å². The molecule has 4 unspecified atom stereocenters. The third kappa shape index (κ3) is 1.12. The number of ether oxygens (including phenoxy) is 1. The van der Waals surface area contributed by atoms with Crippen molar-refractivity contribution in [1.82, 2.24) is 0 Å². The van der Waals surface area contributed by atoms with Crippen molar-refractivity contribution in [2.75, 3.05) is 0 Å². The van der Waals surface area contributed by atoms with Gasteiger partial charge in [0.15, 0.2) is 0 Å². The maximum atomic E-state index is 5.57. The highest BCUT2D eigenvalue weighted by Crippen LogP contribution is 2.45. The largest absolute Gasteiger partial charge is 0.369 e. The average molecular weight is 152 g/mol. The zero-order valence-corrected chi connectivity index (χ0v) is 7.12. The molecule has 0 aromatic heterocycles. The Kier molecular flexibility index (Phi) is 1.76. The van der Waals surface area contributed by atoms with Crippen LogP contribution in [0.1, 0.15) is 26.2 Å². The minimum atomic E-state index is 0.594. The van der Waals surface area contributed by atoms with Crippen molar-refractivity contribution in [3.63, 3.8) is 0 Å². The lowest BCUT2D eigenvalue weighted by molar-refractivity contribution is 0.274. The first kappa shape index (κ1) is 7.35. The van der Waals surface area contributed by atoms with E-state index in [-0.39, 0.29) is 0 Å². The van der Waals surface area contributed by atoms with E-state index in [1.165, 1.54) is 19.3 Å². The van der Waals surface area contributed by atoms with Gasteiger partial charge in [0, 0.05) is 0 Å². The standard InChI is InChI=1S/C10H16O/c1-3-7-5-6-9-10(11-9)8(7)4-2/h3,7-10H,1,4-6H2,2H3. The van der Waals surface area contributed by atoms with E-state index in [4.69, 9.17) is 4.74 Å². The molecule has 0 aromatic carbocycles. The molecule has 1 saturated heterocycles. The molecule has 1 nitrogen and oxygen atoms in total. The van der Waals surface area contributed by atoms with Gasteiger partial charge in [-0.15, -0.1) is 6.58 Å². The van der Waals surface area contributed by atoms with Gasteiger partial charge >= 0.3 is 0 Å². The molecular formula is C10H16O. The zero-order chi connectivity index (χ0) is 7.84. The molecule has 2 fully saturated rings. The Morgan fingerprint density at radius 1 is 1.55 bits per heavy atom. The molecule has 1 heteroatoms. The molecular weight excluding hydrogens is 136 g/mol. The predicted molar refractivity (Wildman–Crippen MR) is 45.4 cm³/mol. The molecule has 4 atom stereocenters. The summed E-state index contributed by atoms with van der Waals surface area (Å²) in [7, 11) is 0. The van der Waals surface area contributed by atoms with Gasteiger partial charge in [-0.05, 0) is 24.7 Å². The number of hydrogen-bond donors (Lipinski definition) is 0. The summed E-state index contributed by atoms with van der Waals surface area (Å²) in [6, 6.07) is 0. The average Bonchev–Trinajstić information content (AvgIpc) is 2.80. The Balaban J connectivity index is 2.03. The van der Waals surface area contributed by atoms with Crippen molar-refractivity contribution >= 4 is 0 Å². The minimum absolute atomic E-state index is 0.594. The summed E-state index contributed by atoms with van der Waals surface area (Å²) in [6.07, 6.45) is 7.14. The highest BCUT2D eigenvalue weighted by molar-refractivity contribution is 5.02. The van der Waals surface area contributed by atoms with Crippen LogP contribution < -0.4 is 0 Å². The Morgan fingerprint density at radius 3 is 3.00 bits per heavy atom. The van der Waals surface area contributed by atoms with E-state index in [1.54, 1.807) is 0 Å². The van der Waals surface area contributed by atoms with Gasteiger partial charge in [-0.25, -0.2) is 0 Å². The molecule has 0 N–H and O–H groups in total. The second-order valence-corrected chi connectivity index (χ2v) is 3.69. The van der Waals surface area contributed by atoms with Crippen molar-refractivity contribution in [1.29, 1.82) is 0 Å². The summed E-state index contributed by atoms with van der Waals surface area (Å²) in [4.78, 5) is 0. The quantitative estimate of drug-likeness (QED) is 0.437. The lowest BCUT2D eigenvalue weighted by atomic mass is 9.78. The highest BCUT2D eigenvalue weighted by atomic mass is 16.6. The van der Waals surface area contributed by atoms with Gasteiger partial charge in [0.1, 0.15) is 0 Å². The van der Waals surface area contributed by atoms with Gasteiger partial charge in [-0.2, -0.15) is 0 Å². The third-order valence-electron chi connectivity index (χ3n) is 3.15. The molecule has 62 valence electrons. The van der Waals surface area contributed by atoms with E-state index in [2.05, 4.69) is 19.6 Å². The van der Waals surface area contributed by atoms with Crippen LogP contribution in [0.2, 0.25) is 0 Å². The third-order valence-corrected chi connectivity index (χ3v) is 3.15. The van der Waals surface area contributed by atoms with E-state index < -0.39 is 0 Å². The van der Waals surface area contributed by atoms with Gasteiger partial charge < -0.3 is 4.74 Å². The summed E-state index contributed by atoms with van der Waals surface area (Å²) in [5, 5.41) is 0. The number of fused-ring (bicyclic) bond motifs is 1. The molecule has 2 aliphatic rings. The fourth-order valence-corrected chi connectivity index (χ4v) is 2.41. The molecule has 11 heavy (non-hydrogen) atoms. The molecule has 0 spiro atoms. The molecule has 0 amide bonds. The summed E-state index contributed by atoms with van der Waals surface area (Å²) in [6.45, 7) is 6.14. The van der Waals surface area contributed by atoms with Crippen molar-refractivity contribution in [2.45, 2.75) is 38.4 Å². The van der Waals surface area contributed by atoms with Gasteiger partial charge in [-0.3, -0.25) is 0 Å². The Hall–Kier alpha value is -0.300. The lowest BCUT2D eigenvalue weighted by Gasteiger charge is -2.24. The zero-order valence-electron chi connectivity index (χ0n) is 7.12. The second-order valence-electron chi connectivity index (χ2n) is 3.69. The maximum Gasteiger partial charge on any atom is 0.0875 e. The minimum Gasteiger partial charge on any atom is -0.369 e. The van der Waals surface area contributed by atoms with Crippen LogP contribution in [0.3, 0.4) is 0 Å². The molecule has 1 heterocycles. The summed E-state index contributed by atoms with van der Waals surface area (Å²) in [5.74, 6) is 1.50. The van der Waals surface area contributed by atoms with E-state index in [1.807, 2.05) is 0 Å². The molecule has 1 aliphatic heterocycles. The Labute approximate surface area is 68.4 Å². The van der Waals surface area contributed by atoms with E-state index in [0.717, 1.165) is 11.8 Å². The Morgan fingerprint density at radius 2 is 2.36 bits per heavy atom. The van der Waals surface area contributed by atoms with Gasteiger partial charge in [0.05, 0.1) is 12.2 Å². The number of epoxide rings is 1. The van der Waals surface area contributed by atoms with Crippen LogP contribution in [-0.2, 0) is 4.74 Å². The maximum absolute atomic E-state index is 5.57. The molecule has 1 saturated carbocycles. The first-order valence-corrected chi connectivity index (χ1v) is 4.64. The Bertz CT molecular complexity index is 164. The fraction of sp³-hybridized carbons (Fsp3) is 0.800. The van der Waals surface area contributed by atoms with E-state index in [9.17, 15) is 0 Å². The smallest absolute Gasteiger partial charge is 0.0875 e. The SMILES string of the molecule is C=CC1CCC2OC2C1CC. The first-order chi connectivity index (χ1) is 5.36. The van der Waals surface area contributed by atoms with Gasteiger partial charge in [0.25, 0.3) is 0 Å². The van der Waals surface area contributed by atoms with Crippen LogP contribution in [0, 0.1) is 11.8 Å². The number of rotatable bonds is 2. The topological polar surface area (TPSA) is 12.5 Å². The van der Waals surface area contributed by atoms with Crippen molar-refractivity contribution < 1.29 is 4.74 Å². The fourth-order valence-electron chi connectivity index (χ4n) is 2.41. The van der Waals surface area contributed by atoms with Crippen LogP contribution in [-0.4, -0.2) is 12.2 Å². The van der Waals surface area contributed by atoms with E-state index in [0.29, 0.717) is 12.2 Å². The summed E-state index contributed by atoms with van der Waals surface area (Å²) >= 11 is 0. The molecule has 0 radical (unpaired) electrons. The monoisotopic (exact) mass is 152 g/mol. The lowest BCUT2D eigenvalue weighted by Crippen LogP contribution is -2.24. The molecule has 0 bridgehead atoms.